The van der Waals surface area contributed by atoms with Gasteiger partial charge in [-0.25, -0.2) is 0 Å². The molecule has 1 unspecified atom stereocenters. The van der Waals surface area contributed by atoms with Gasteiger partial charge in [-0.1, -0.05) is 0 Å². The van der Waals surface area contributed by atoms with Gasteiger partial charge < -0.3 is 19.8 Å². The first-order valence-corrected chi connectivity index (χ1v) is 8.77. The van der Waals surface area contributed by atoms with E-state index in [1.54, 1.807) is 0 Å². The minimum absolute atomic E-state index is 0. The molecule has 0 amide bonds. The Balaban J connectivity index is 0.00000288. The first kappa shape index (κ1) is 21.3. The van der Waals surface area contributed by atoms with E-state index in [1.165, 1.54) is 12.8 Å². The predicted molar refractivity (Wildman–Crippen MR) is 109 cm³/mol. The van der Waals surface area contributed by atoms with Crippen molar-refractivity contribution in [1.82, 2.24) is 10.6 Å². The van der Waals surface area contributed by atoms with Gasteiger partial charge in [0.05, 0.1) is 6.04 Å². The number of furan rings is 1. The Hall–Kier alpha value is -0.760. The zero-order valence-electron chi connectivity index (χ0n) is 15.4. The SMILES string of the molecule is CCNC(=NCC1(CCOCC)CC1)NC(C)c1ccc(C)o1.I. The highest BCUT2D eigenvalue weighted by molar-refractivity contribution is 14.0. The summed E-state index contributed by atoms with van der Waals surface area (Å²) < 4.78 is 11.2. The van der Waals surface area contributed by atoms with Crippen LogP contribution in [0.4, 0.5) is 0 Å². The van der Waals surface area contributed by atoms with E-state index in [0.29, 0.717) is 5.41 Å². The number of nitrogens with one attached hydrogen (secondary N) is 2. The van der Waals surface area contributed by atoms with Gasteiger partial charge >= 0.3 is 0 Å². The lowest BCUT2D eigenvalue weighted by atomic mass is 10.0. The van der Waals surface area contributed by atoms with Crippen LogP contribution in [0.1, 0.15) is 57.6 Å². The van der Waals surface area contributed by atoms with Crippen molar-refractivity contribution in [2.45, 2.75) is 53.0 Å². The zero-order valence-corrected chi connectivity index (χ0v) is 17.7. The molecular formula is C18H32IN3O2. The van der Waals surface area contributed by atoms with E-state index in [0.717, 1.165) is 50.2 Å². The van der Waals surface area contributed by atoms with E-state index in [9.17, 15) is 0 Å². The lowest BCUT2D eigenvalue weighted by molar-refractivity contribution is 0.129. The maximum atomic E-state index is 5.69. The molecule has 24 heavy (non-hydrogen) atoms. The Morgan fingerprint density at radius 3 is 2.67 bits per heavy atom. The molecule has 1 aromatic heterocycles. The number of aliphatic imine (C=N–C) groups is 1. The molecule has 1 aromatic rings. The largest absolute Gasteiger partial charge is 0.464 e. The molecule has 0 aliphatic heterocycles. The minimum Gasteiger partial charge on any atom is -0.464 e. The van der Waals surface area contributed by atoms with E-state index in [4.69, 9.17) is 14.1 Å². The van der Waals surface area contributed by atoms with Gasteiger partial charge in [0.15, 0.2) is 5.96 Å². The minimum atomic E-state index is 0. The van der Waals surface area contributed by atoms with Crippen LogP contribution in [0, 0.1) is 12.3 Å². The summed E-state index contributed by atoms with van der Waals surface area (Å²) in [7, 11) is 0. The number of guanidine groups is 1. The fourth-order valence-corrected chi connectivity index (χ4v) is 2.63. The maximum Gasteiger partial charge on any atom is 0.191 e. The van der Waals surface area contributed by atoms with Crippen LogP contribution in [0.3, 0.4) is 0 Å². The van der Waals surface area contributed by atoms with Crippen molar-refractivity contribution < 1.29 is 9.15 Å². The van der Waals surface area contributed by atoms with Crippen molar-refractivity contribution in [3.8, 4) is 0 Å². The van der Waals surface area contributed by atoms with Crippen LogP contribution < -0.4 is 10.6 Å². The number of ether oxygens (including phenoxy) is 1. The van der Waals surface area contributed by atoms with Crippen LogP contribution in [-0.2, 0) is 4.74 Å². The summed E-state index contributed by atoms with van der Waals surface area (Å²) in [5.74, 6) is 2.73. The molecule has 0 bridgehead atoms. The third kappa shape index (κ3) is 6.63. The van der Waals surface area contributed by atoms with Gasteiger partial charge in [-0.3, -0.25) is 4.99 Å². The summed E-state index contributed by atoms with van der Waals surface area (Å²) in [6.45, 7) is 11.5. The van der Waals surface area contributed by atoms with Crippen molar-refractivity contribution in [3.63, 3.8) is 0 Å². The van der Waals surface area contributed by atoms with Crippen molar-refractivity contribution in [1.29, 1.82) is 0 Å². The summed E-state index contributed by atoms with van der Waals surface area (Å²) in [5.41, 5.74) is 0.363. The molecule has 0 radical (unpaired) electrons. The van der Waals surface area contributed by atoms with E-state index < -0.39 is 0 Å². The van der Waals surface area contributed by atoms with Gasteiger partial charge in [0.1, 0.15) is 11.5 Å². The quantitative estimate of drug-likeness (QED) is 0.259. The first-order chi connectivity index (χ1) is 11.1. The average molecular weight is 449 g/mol. The summed E-state index contributed by atoms with van der Waals surface area (Å²) in [6.07, 6.45) is 3.63. The highest BCUT2D eigenvalue weighted by Crippen LogP contribution is 2.49. The van der Waals surface area contributed by atoms with Crippen LogP contribution in [-0.4, -0.2) is 32.3 Å². The van der Waals surface area contributed by atoms with Gasteiger partial charge in [0.2, 0.25) is 0 Å². The molecule has 0 spiro atoms. The molecular weight excluding hydrogens is 417 g/mol. The second-order valence-electron chi connectivity index (χ2n) is 6.46. The Morgan fingerprint density at radius 2 is 2.12 bits per heavy atom. The molecule has 1 aliphatic rings. The van der Waals surface area contributed by atoms with E-state index in [2.05, 4.69) is 24.5 Å². The predicted octanol–water partition coefficient (Wildman–Crippen LogP) is 4.03. The van der Waals surface area contributed by atoms with Gasteiger partial charge in [-0.2, -0.15) is 0 Å². The third-order valence-electron chi connectivity index (χ3n) is 4.40. The average Bonchev–Trinajstić information content (AvgIpc) is 3.16. The second-order valence-corrected chi connectivity index (χ2v) is 6.46. The molecule has 6 heteroatoms. The standard InChI is InChI=1S/C18H31N3O2.HI/c1-5-19-17(21-15(4)16-8-7-14(3)23-16)20-13-18(9-10-18)11-12-22-6-2;/h7-8,15H,5-6,9-13H2,1-4H3,(H2,19,20,21);1H. The molecule has 1 saturated carbocycles. The Bertz CT molecular complexity index is 512. The first-order valence-electron chi connectivity index (χ1n) is 8.77. The monoisotopic (exact) mass is 449 g/mol. The Morgan fingerprint density at radius 1 is 1.38 bits per heavy atom. The maximum absolute atomic E-state index is 5.69. The lowest BCUT2D eigenvalue weighted by Crippen LogP contribution is -2.39. The summed E-state index contributed by atoms with van der Waals surface area (Å²) >= 11 is 0. The van der Waals surface area contributed by atoms with Crippen molar-refractivity contribution in [2.24, 2.45) is 10.4 Å². The molecule has 0 saturated heterocycles. The van der Waals surface area contributed by atoms with Crippen molar-refractivity contribution in [3.05, 3.63) is 23.7 Å². The van der Waals surface area contributed by atoms with Crippen LogP contribution in [0.5, 0.6) is 0 Å². The molecule has 2 rings (SSSR count). The van der Waals surface area contributed by atoms with E-state index in [1.807, 2.05) is 26.0 Å². The number of halogens is 1. The topological polar surface area (TPSA) is 58.8 Å². The van der Waals surface area contributed by atoms with Gasteiger partial charge in [-0.15, -0.1) is 24.0 Å². The molecule has 2 N–H and O–H groups in total. The van der Waals surface area contributed by atoms with Gasteiger partial charge in [-0.05, 0) is 64.5 Å². The van der Waals surface area contributed by atoms with Crippen LogP contribution in [0.25, 0.3) is 0 Å². The summed E-state index contributed by atoms with van der Waals surface area (Å²) in [5, 5.41) is 6.75. The highest BCUT2D eigenvalue weighted by Gasteiger charge is 2.41. The number of hydrogen-bond acceptors (Lipinski definition) is 3. The summed E-state index contributed by atoms with van der Waals surface area (Å²) in [4.78, 5) is 4.80. The molecule has 1 heterocycles. The third-order valence-corrected chi connectivity index (χ3v) is 4.40. The Labute approximate surface area is 163 Å². The van der Waals surface area contributed by atoms with Crippen LogP contribution >= 0.6 is 24.0 Å². The fourth-order valence-electron chi connectivity index (χ4n) is 2.63. The normalized spacial score (nSPS) is 17.1. The number of nitrogens with zero attached hydrogens (tertiary/aromatic N) is 1. The molecule has 0 aromatic carbocycles. The molecule has 1 atom stereocenters. The van der Waals surface area contributed by atoms with Gasteiger partial charge in [0.25, 0.3) is 0 Å². The second kappa shape index (κ2) is 10.3. The van der Waals surface area contributed by atoms with Crippen molar-refractivity contribution in [2.75, 3.05) is 26.3 Å². The molecule has 1 aliphatic carbocycles. The molecule has 1 fully saturated rings. The zero-order chi connectivity index (χ0) is 16.7. The molecule has 138 valence electrons. The van der Waals surface area contributed by atoms with Crippen molar-refractivity contribution >= 4 is 29.9 Å². The molecule has 5 nitrogen and oxygen atoms in total. The smallest absolute Gasteiger partial charge is 0.191 e. The van der Waals surface area contributed by atoms with Crippen LogP contribution in [0.15, 0.2) is 21.5 Å². The van der Waals surface area contributed by atoms with Crippen LogP contribution in [0.2, 0.25) is 0 Å². The number of rotatable bonds is 9. The lowest BCUT2D eigenvalue weighted by Gasteiger charge is -2.18. The van der Waals surface area contributed by atoms with Gasteiger partial charge in [0, 0.05) is 26.3 Å². The summed E-state index contributed by atoms with van der Waals surface area (Å²) in [6, 6.07) is 4.10. The fraction of sp³-hybridized carbons (Fsp3) is 0.722. The van der Waals surface area contributed by atoms with E-state index in [-0.39, 0.29) is 30.0 Å². The Kier molecular flexibility index (Phi) is 9.12. The highest BCUT2D eigenvalue weighted by atomic mass is 127. The number of hydrogen-bond donors (Lipinski definition) is 2. The van der Waals surface area contributed by atoms with E-state index >= 15 is 0 Å². The number of aryl methyl sites for hydroxylation is 1.